The second-order valence-corrected chi connectivity index (χ2v) is 4.82. The van der Waals surface area contributed by atoms with Crippen LogP contribution in [0.25, 0.3) is 6.08 Å². The van der Waals surface area contributed by atoms with Crippen molar-refractivity contribution in [2.75, 3.05) is 5.43 Å². The first-order valence-electron chi connectivity index (χ1n) is 6.93. The van der Waals surface area contributed by atoms with Gasteiger partial charge in [0.15, 0.2) is 0 Å². The molecule has 0 saturated heterocycles. The number of nitro groups is 2. The molecule has 8 nitrogen and oxygen atoms in total. The number of hydrazone groups is 1. The molecular formula is C16H14N4O4. The molecule has 1 N–H and O–H groups in total. The van der Waals surface area contributed by atoms with E-state index >= 15 is 0 Å². The van der Waals surface area contributed by atoms with Crippen LogP contribution in [0.4, 0.5) is 17.1 Å². The van der Waals surface area contributed by atoms with Gasteiger partial charge in [-0.2, -0.15) is 5.10 Å². The third-order valence-corrected chi connectivity index (χ3v) is 3.06. The molecule has 0 bridgehead atoms. The lowest BCUT2D eigenvalue weighted by Crippen LogP contribution is -2.00. The van der Waals surface area contributed by atoms with Crippen LogP contribution in [0, 0.1) is 20.2 Å². The number of nitrogens with zero attached hydrogens (tertiary/aromatic N) is 3. The summed E-state index contributed by atoms with van der Waals surface area (Å²) in [7, 11) is 0. The highest BCUT2D eigenvalue weighted by atomic mass is 16.6. The number of rotatable bonds is 6. The fourth-order valence-electron chi connectivity index (χ4n) is 1.85. The van der Waals surface area contributed by atoms with Crippen LogP contribution in [0.5, 0.6) is 0 Å². The van der Waals surface area contributed by atoms with E-state index in [1.807, 2.05) is 36.4 Å². The average Bonchev–Trinajstić information content (AvgIpc) is 2.58. The summed E-state index contributed by atoms with van der Waals surface area (Å²) in [5.41, 5.74) is 3.47. The van der Waals surface area contributed by atoms with Gasteiger partial charge in [0.1, 0.15) is 5.69 Å². The Hall–Kier alpha value is -3.55. The van der Waals surface area contributed by atoms with Crippen LogP contribution in [0.2, 0.25) is 0 Å². The lowest BCUT2D eigenvalue weighted by atomic mass is 10.2. The Bertz CT molecular complexity index is 816. The van der Waals surface area contributed by atoms with Gasteiger partial charge < -0.3 is 0 Å². The van der Waals surface area contributed by atoms with Gasteiger partial charge in [0.2, 0.25) is 0 Å². The normalized spacial score (nSPS) is 11.5. The van der Waals surface area contributed by atoms with E-state index in [1.54, 1.807) is 13.0 Å². The number of nitrogens with one attached hydrogen (secondary N) is 1. The lowest BCUT2D eigenvalue weighted by Gasteiger charge is -2.02. The number of allylic oxidation sites excluding steroid dienone is 1. The summed E-state index contributed by atoms with van der Waals surface area (Å²) in [4.78, 5) is 20.4. The zero-order valence-electron chi connectivity index (χ0n) is 12.7. The number of hydrogen-bond acceptors (Lipinski definition) is 6. The van der Waals surface area contributed by atoms with E-state index in [0.717, 1.165) is 11.6 Å². The predicted molar refractivity (Wildman–Crippen MR) is 92.0 cm³/mol. The van der Waals surface area contributed by atoms with E-state index in [-0.39, 0.29) is 11.4 Å². The predicted octanol–water partition coefficient (Wildman–Crippen LogP) is 4.00. The smallest absolute Gasteiger partial charge is 0.271 e. The minimum absolute atomic E-state index is 0.0815. The molecule has 0 unspecified atom stereocenters. The first-order chi connectivity index (χ1) is 11.5. The maximum absolute atomic E-state index is 11.0. The Balaban J connectivity index is 2.17. The van der Waals surface area contributed by atoms with Gasteiger partial charge in [0.25, 0.3) is 5.69 Å². The maximum Gasteiger partial charge on any atom is 0.301 e. The SMILES string of the molecule is CC(/C=C/c1ccccc1)=N\Nc1ccc([N+](=O)[O-])cc1[N+](=O)[O-]. The number of hydrogen-bond donors (Lipinski definition) is 1. The Morgan fingerprint density at radius 3 is 2.42 bits per heavy atom. The fourth-order valence-corrected chi connectivity index (χ4v) is 1.85. The molecule has 24 heavy (non-hydrogen) atoms. The summed E-state index contributed by atoms with van der Waals surface area (Å²) in [5.74, 6) is 0. The molecule has 0 aromatic heterocycles. The van der Waals surface area contributed by atoms with Crippen LogP contribution >= 0.6 is 0 Å². The molecule has 0 atom stereocenters. The van der Waals surface area contributed by atoms with Crippen molar-refractivity contribution in [2.45, 2.75) is 6.92 Å². The van der Waals surface area contributed by atoms with Crippen molar-refractivity contribution in [1.82, 2.24) is 0 Å². The molecule has 0 amide bonds. The highest BCUT2D eigenvalue weighted by molar-refractivity contribution is 5.96. The lowest BCUT2D eigenvalue weighted by molar-refractivity contribution is -0.393. The van der Waals surface area contributed by atoms with Crippen molar-refractivity contribution in [3.63, 3.8) is 0 Å². The van der Waals surface area contributed by atoms with E-state index < -0.39 is 15.5 Å². The van der Waals surface area contributed by atoms with Crippen LogP contribution in [0.3, 0.4) is 0 Å². The quantitative estimate of drug-likeness (QED) is 0.490. The molecule has 122 valence electrons. The molecule has 0 aliphatic carbocycles. The molecule has 2 rings (SSSR count). The van der Waals surface area contributed by atoms with Gasteiger partial charge in [-0.25, -0.2) is 0 Å². The number of non-ortho nitro benzene ring substituents is 1. The van der Waals surface area contributed by atoms with Crippen molar-refractivity contribution in [2.24, 2.45) is 5.10 Å². The molecule has 0 aliphatic heterocycles. The Labute approximate surface area is 137 Å². The Kier molecular flexibility index (Phi) is 5.35. The molecule has 0 saturated carbocycles. The summed E-state index contributed by atoms with van der Waals surface area (Å²) < 4.78 is 0. The van der Waals surface area contributed by atoms with Gasteiger partial charge in [-0.3, -0.25) is 25.7 Å². The van der Waals surface area contributed by atoms with E-state index in [0.29, 0.717) is 5.71 Å². The van der Waals surface area contributed by atoms with Crippen LogP contribution in [-0.2, 0) is 0 Å². The van der Waals surface area contributed by atoms with Crippen molar-refractivity contribution in [3.05, 3.63) is 80.4 Å². The summed E-state index contributed by atoms with van der Waals surface area (Å²) >= 11 is 0. The van der Waals surface area contributed by atoms with Gasteiger partial charge in [-0.15, -0.1) is 0 Å². The van der Waals surface area contributed by atoms with Crippen molar-refractivity contribution in [1.29, 1.82) is 0 Å². The monoisotopic (exact) mass is 326 g/mol. The fraction of sp³-hybridized carbons (Fsp3) is 0.0625. The van der Waals surface area contributed by atoms with Crippen LogP contribution in [0.1, 0.15) is 12.5 Å². The maximum atomic E-state index is 11.0. The summed E-state index contributed by atoms with van der Waals surface area (Å²) in [6.45, 7) is 1.73. The Morgan fingerprint density at radius 2 is 1.79 bits per heavy atom. The van der Waals surface area contributed by atoms with Gasteiger partial charge in [0.05, 0.1) is 21.6 Å². The zero-order valence-corrected chi connectivity index (χ0v) is 12.7. The molecule has 0 spiro atoms. The highest BCUT2D eigenvalue weighted by Gasteiger charge is 2.19. The largest absolute Gasteiger partial charge is 0.301 e. The molecular weight excluding hydrogens is 312 g/mol. The molecule has 8 heteroatoms. The second-order valence-electron chi connectivity index (χ2n) is 4.82. The molecule has 0 aliphatic rings. The first-order valence-corrected chi connectivity index (χ1v) is 6.93. The summed E-state index contributed by atoms with van der Waals surface area (Å²) in [6.07, 6.45) is 3.60. The third-order valence-electron chi connectivity index (χ3n) is 3.06. The minimum atomic E-state index is -0.694. The molecule has 0 radical (unpaired) electrons. The van der Waals surface area contributed by atoms with Crippen LogP contribution < -0.4 is 5.43 Å². The van der Waals surface area contributed by atoms with Gasteiger partial charge in [0, 0.05) is 6.07 Å². The average molecular weight is 326 g/mol. The minimum Gasteiger partial charge on any atom is -0.271 e. The molecule has 2 aromatic carbocycles. The summed E-state index contributed by atoms with van der Waals surface area (Å²) in [6, 6.07) is 12.9. The number of benzene rings is 2. The standard InChI is InChI=1S/C16H14N4O4/c1-12(7-8-13-5-3-2-4-6-13)17-18-15-10-9-14(19(21)22)11-16(15)20(23)24/h2-11,18H,1H3/b8-7+,17-12+. The summed E-state index contributed by atoms with van der Waals surface area (Å²) in [5, 5.41) is 25.8. The highest BCUT2D eigenvalue weighted by Crippen LogP contribution is 2.28. The van der Waals surface area contributed by atoms with Crippen molar-refractivity contribution < 1.29 is 9.85 Å². The third kappa shape index (κ3) is 4.47. The van der Waals surface area contributed by atoms with E-state index in [4.69, 9.17) is 0 Å². The molecule has 0 heterocycles. The van der Waals surface area contributed by atoms with Crippen LogP contribution in [-0.4, -0.2) is 15.6 Å². The Morgan fingerprint density at radius 1 is 1.08 bits per heavy atom. The molecule has 2 aromatic rings. The topological polar surface area (TPSA) is 111 Å². The number of nitro benzene ring substituents is 2. The van der Waals surface area contributed by atoms with E-state index in [2.05, 4.69) is 10.5 Å². The van der Waals surface area contributed by atoms with Crippen molar-refractivity contribution in [3.8, 4) is 0 Å². The second kappa shape index (κ2) is 7.63. The van der Waals surface area contributed by atoms with E-state index in [9.17, 15) is 20.2 Å². The zero-order chi connectivity index (χ0) is 17.5. The first kappa shape index (κ1) is 16.8. The van der Waals surface area contributed by atoms with Gasteiger partial charge in [-0.1, -0.05) is 36.4 Å². The van der Waals surface area contributed by atoms with Crippen molar-refractivity contribution >= 4 is 28.8 Å². The molecule has 0 fully saturated rings. The van der Waals surface area contributed by atoms with Gasteiger partial charge in [-0.05, 0) is 24.6 Å². The van der Waals surface area contributed by atoms with Gasteiger partial charge >= 0.3 is 5.69 Å². The number of anilines is 1. The van der Waals surface area contributed by atoms with E-state index in [1.165, 1.54) is 12.1 Å². The van der Waals surface area contributed by atoms with Crippen LogP contribution in [0.15, 0.2) is 59.7 Å².